The average Bonchev–Trinajstić information content (AvgIpc) is 2.82. The molecule has 1 aliphatic heterocycles. The van der Waals surface area contributed by atoms with Gasteiger partial charge >= 0.3 is 0 Å². The molecule has 0 radical (unpaired) electrons. The number of hydrogen-bond acceptors (Lipinski definition) is 6. The summed E-state index contributed by atoms with van der Waals surface area (Å²) in [6.45, 7) is 4.04. The molecule has 174 valence electrons. The van der Waals surface area contributed by atoms with Crippen molar-refractivity contribution >= 4 is 50.6 Å². The largest absolute Gasteiger partial charge is 0.494 e. The lowest BCUT2D eigenvalue weighted by Crippen LogP contribution is -2.49. The van der Waals surface area contributed by atoms with Crippen molar-refractivity contribution < 1.29 is 13.2 Å². The third-order valence-electron chi connectivity index (χ3n) is 5.27. The Balaban J connectivity index is 1.48. The summed E-state index contributed by atoms with van der Waals surface area (Å²) in [7, 11) is -3.81. The lowest BCUT2D eigenvalue weighted by molar-refractivity contribution is 0.340. The lowest BCUT2D eigenvalue weighted by Gasteiger charge is -2.34. The zero-order chi connectivity index (χ0) is 23.6. The molecular weight excluding hydrogens is 507 g/mol. The minimum atomic E-state index is -3.81. The summed E-state index contributed by atoms with van der Waals surface area (Å²) in [6, 6.07) is 12.2. The number of ether oxygens (including phenoxy) is 1. The van der Waals surface area contributed by atoms with Gasteiger partial charge in [-0.05, 0) is 43.3 Å². The number of nitrogens with zero attached hydrogens (tertiary/aromatic N) is 4. The first-order valence-corrected chi connectivity index (χ1v) is 12.8. The van der Waals surface area contributed by atoms with Gasteiger partial charge in [0, 0.05) is 37.8 Å². The molecule has 0 amide bonds. The molecule has 11 heteroatoms. The maximum atomic E-state index is 13.1. The molecule has 0 atom stereocenters. The van der Waals surface area contributed by atoms with E-state index in [4.69, 9.17) is 39.5 Å². The predicted octanol–water partition coefficient (Wildman–Crippen LogP) is 5.01. The van der Waals surface area contributed by atoms with E-state index in [0.29, 0.717) is 19.7 Å². The number of aromatic nitrogens is 2. The van der Waals surface area contributed by atoms with E-state index in [0.717, 1.165) is 22.8 Å². The zero-order valence-electron chi connectivity index (χ0n) is 17.7. The van der Waals surface area contributed by atoms with Gasteiger partial charge in [-0.15, -0.1) is 0 Å². The van der Waals surface area contributed by atoms with Crippen LogP contribution in [0.5, 0.6) is 5.75 Å². The van der Waals surface area contributed by atoms with Gasteiger partial charge < -0.3 is 9.64 Å². The molecule has 1 saturated heterocycles. The second-order valence-electron chi connectivity index (χ2n) is 7.31. The molecule has 1 aromatic heterocycles. The Morgan fingerprint density at radius 3 is 2.24 bits per heavy atom. The number of benzene rings is 2. The van der Waals surface area contributed by atoms with Crippen molar-refractivity contribution in [1.29, 1.82) is 0 Å². The molecule has 0 saturated carbocycles. The van der Waals surface area contributed by atoms with E-state index in [2.05, 4.69) is 9.97 Å². The Bertz CT molecular complexity index is 1250. The Morgan fingerprint density at radius 2 is 1.58 bits per heavy atom. The van der Waals surface area contributed by atoms with Crippen LogP contribution in [0.2, 0.25) is 15.1 Å². The van der Waals surface area contributed by atoms with Crippen LogP contribution in [0.4, 0.5) is 5.82 Å². The zero-order valence-corrected chi connectivity index (χ0v) is 20.8. The first-order chi connectivity index (χ1) is 15.8. The highest BCUT2D eigenvalue weighted by Gasteiger charge is 2.31. The molecular formula is C22H21Cl3N4O3S. The fourth-order valence-electron chi connectivity index (χ4n) is 3.57. The second kappa shape index (κ2) is 10.0. The highest BCUT2D eigenvalue weighted by atomic mass is 35.5. The summed E-state index contributed by atoms with van der Waals surface area (Å²) in [6.07, 6.45) is 1.51. The van der Waals surface area contributed by atoms with E-state index in [1.54, 1.807) is 0 Å². The van der Waals surface area contributed by atoms with Gasteiger partial charge in [0.1, 0.15) is 22.8 Å². The molecule has 33 heavy (non-hydrogen) atoms. The van der Waals surface area contributed by atoms with Crippen LogP contribution in [0.15, 0.2) is 53.7 Å². The Labute approximate surface area is 207 Å². The number of halogens is 3. The van der Waals surface area contributed by atoms with Gasteiger partial charge in [-0.25, -0.2) is 18.4 Å². The standard InChI is InChI=1S/C22H21Cl3N4O3S/c1-2-32-16-5-3-15(4-6-16)20-13-22(27-14-26-20)28-7-9-29(10-8-28)33(30,31)21-12-18(24)17(23)11-19(21)25/h3-6,11-14H,2,7-10H2,1H3. The second-order valence-corrected chi connectivity index (χ2v) is 10.4. The molecule has 1 fully saturated rings. The maximum absolute atomic E-state index is 13.1. The minimum Gasteiger partial charge on any atom is -0.494 e. The molecule has 0 unspecified atom stereocenters. The molecule has 2 aromatic carbocycles. The van der Waals surface area contributed by atoms with Crippen molar-refractivity contribution in [2.45, 2.75) is 11.8 Å². The van der Waals surface area contributed by atoms with E-state index >= 15 is 0 Å². The molecule has 0 spiro atoms. The number of anilines is 1. The third kappa shape index (κ3) is 5.20. The summed E-state index contributed by atoms with van der Waals surface area (Å²) in [5, 5.41) is 0.390. The topological polar surface area (TPSA) is 75.6 Å². The molecule has 0 aliphatic carbocycles. The van der Waals surface area contributed by atoms with Crippen molar-refractivity contribution in [2.75, 3.05) is 37.7 Å². The molecule has 3 aromatic rings. The molecule has 2 heterocycles. The number of hydrogen-bond donors (Lipinski definition) is 0. The summed E-state index contributed by atoms with van der Waals surface area (Å²) >= 11 is 18.1. The van der Waals surface area contributed by atoms with E-state index < -0.39 is 10.0 Å². The van der Waals surface area contributed by atoms with Gasteiger partial charge in [-0.3, -0.25) is 0 Å². The maximum Gasteiger partial charge on any atom is 0.244 e. The van der Waals surface area contributed by atoms with E-state index in [1.807, 2.05) is 42.2 Å². The normalized spacial score (nSPS) is 15.0. The van der Waals surface area contributed by atoms with Crippen molar-refractivity contribution in [2.24, 2.45) is 0 Å². The van der Waals surface area contributed by atoms with Crippen molar-refractivity contribution in [1.82, 2.24) is 14.3 Å². The van der Waals surface area contributed by atoms with Crippen LogP contribution in [-0.4, -0.2) is 55.5 Å². The highest BCUT2D eigenvalue weighted by Crippen LogP contribution is 2.33. The van der Waals surface area contributed by atoms with Gasteiger partial charge in [0.15, 0.2) is 0 Å². The SMILES string of the molecule is CCOc1ccc(-c2cc(N3CCN(S(=O)(=O)c4cc(Cl)c(Cl)cc4Cl)CC3)ncn2)cc1. The van der Waals surface area contributed by atoms with E-state index in [9.17, 15) is 8.42 Å². The van der Waals surface area contributed by atoms with Crippen molar-refractivity contribution in [3.8, 4) is 17.0 Å². The predicted molar refractivity (Wildman–Crippen MR) is 131 cm³/mol. The highest BCUT2D eigenvalue weighted by molar-refractivity contribution is 7.89. The lowest BCUT2D eigenvalue weighted by atomic mass is 10.1. The van der Waals surface area contributed by atoms with Crippen molar-refractivity contribution in [3.63, 3.8) is 0 Å². The average molecular weight is 528 g/mol. The first kappa shape index (κ1) is 24.0. The van der Waals surface area contributed by atoms with Crippen LogP contribution in [0.25, 0.3) is 11.3 Å². The Hall–Kier alpha value is -2.10. The quantitative estimate of drug-likeness (QED) is 0.419. The molecule has 0 bridgehead atoms. The fourth-order valence-corrected chi connectivity index (χ4v) is 5.96. The van der Waals surface area contributed by atoms with Crippen molar-refractivity contribution in [3.05, 3.63) is 63.9 Å². The van der Waals surface area contributed by atoms with Crippen LogP contribution < -0.4 is 9.64 Å². The van der Waals surface area contributed by atoms with Crippen LogP contribution in [0, 0.1) is 0 Å². The van der Waals surface area contributed by atoms with Crippen LogP contribution in [0.3, 0.4) is 0 Å². The summed E-state index contributed by atoms with van der Waals surface area (Å²) in [5.74, 6) is 1.54. The van der Waals surface area contributed by atoms with Gasteiger partial charge in [0.2, 0.25) is 10.0 Å². The molecule has 4 rings (SSSR count). The summed E-state index contributed by atoms with van der Waals surface area (Å²) in [4.78, 5) is 10.7. The van der Waals surface area contributed by atoms with Crippen LogP contribution in [0.1, 0.15) is 6.92 Å². The fraction of sp³-hybridized carbons (Fsp3) is 0.273. The Kier molecular flexibility index (Phi) is 7.31. The van der Waals surface area contributed by atoms with E-state index in [-0.39, 0.29) is 33.1 Å². The Morgan fingerprint density at radius 1 is 0.909 bits per heavy atom. The smallest absolute Gasteiger partial charge is 0.244 e. The summed E-state index contributed by atoms with van der Waals surface area (Å²) < 4.78 is 33.1. The number of rotatable bonds is 6. The van der Waals surface area contributed by atoms with Gasteiger partial charge in [-0.1, -0.05) is 34.8 Å². The molecule has 0 N–H and O–H groups in total. The minimum absolute atomic E-state index is 0.0441. The molecule has 1 aliphatic rings. The van der Waals surface area contributed by atoms with Gasteiger partial charge in [-0.2, -0.15) is 4.31 Å². The summed E-state index contributed by atoms with van der Waals surface area (Å²) in [5.41, 5.74) is 1.72. The molecule has 7 nitrogen and oxygen atoms in total. The third-order valence-corrected chi connectivity index (χ3v) is 8.35. The monoisotopic (exact) mass is 526 g/mol. The van der Waals surface area contributed by atoms with E-state index in [1.165, 1.54) is 22.8 Å². The number of sulfonamides is 1. The van der Waals surface area contributed by atoms with Gasteiger partial charge in [0.25, 0.3) is 0 Å². The van der Waals surface area contributed by atoms with Gasteiger partial charge in [0.05, 0.1) is 27.4 Å². The number of piperazine rings is 1. The van der Waals surface area contributed by atoms with Crippen LogP contribution >= 0.6 is 34.8 Å². The first-order valence-electron chi connectivity index (χ1n) is 10.2. The van der Waals surface area contributed by atoms with Crippen LogP contribution in [-0.2, 0) is 10.0 Å².